The number of aromatic hydroxyl groups is 1. The molecule has 1 heterocycles. The molecule has 0 saturated heterocycles. The van der Waals surface area contributed by atoms with Gasteiger partial charge in [0, 0.05) is 16.2 Å². The largest absolute Gasteiger partial charge is 0.506 e. The predicted octanol–water partition coefficient (Wildman–Crippen LogP) is 5.66. The van der Waals surface area contributed by atoms with Gasteiger partial charge in [0.1, 0.15) is 11.6 Å². The third kappa shape index (κ3) is 4.70. The lowest BCUT2D eigenvalue weighted by Gasteiger charge is -2.09. The van der Waals surface area contributed by atoms with Crippen LogP contribution in [-0.2, 0) is 0 Å². The van der Waals surface area contributed by atoms with Gasteiger partial charge in [-0.2, -0.15) is 5.10 Å². The summed E-state index contributed by atoms with van der Waals surface area (Å²) < 4.78 is 14.4. The molecule has 0 fully saturated rings. The number of aromatic nitrogens is 2. The second-order valence-corrected chi connectivity index (χ2v) is 7.59. The maximum absolute atomic E-state index is 13.0. The number of nitrogens with zero attached hydrogens (tertiary/aromatic N) is 3. The number of benzene rings is 2. The fourth-order valence-electron chi connectivity index (χ4n) is 2.38. The molecule has 0 saturated carbocycles. The van der Waals surface area contributed by atoms with Gasteiger partial charge in [-0.3, -0.25) is 5.43 Å². The zero-order valence-electron chi connectivity index (χ0n) is 14.5. The zero-order chi connectivity index (χ0) is 19.6. The van der Waals surface area contributed by atoms with Crippen molar-refractivity contribution in [2.75, 3.05) is 5.43 Å². The smallest absolute Gasteiger partial charge is 0.165 e. The standard InChI is InChI=1S/C19H15Br2FN4O/c1-10-7-17(26-25-11(2)12-3-5-14(22)6-4-12)24-19(23-10)15-8-13(20)9-16(21)18(15)27/h3-9,27H,1-2H3,(H,23,24,26). The molecule has 0 amide bonds. The number of halogens is 3. The fourth-order valence-corrected chi connectivity index (χ4v) is 3.60. The maximum Gasteiger partial charge on any atom is 0.165 e. The SMILES string of the molecule is CC(=NNc1cc(C)nc(-c2cc(Br)cc(Br)c2O)n1)c1ccc(F)cc1. The fraction of sp³-hybridized carbons (Fsp3) is 0.105. The Labute approximate surface area is 172 Å². The number of rotatable bonds is 4. The van der Waals surface area contributed by atoms with E-state index in [4.69, 9.17) is 0 Å². The van der Waals surface area contributed by atoms with E-state index < -0.39 is 0 Å². The molecule has 138 valence electrons. The Morgan fingerprint density at radius 2 is 1.81 bits per heavy atom. The van der Waals surface area contributed by atoms with E-state index in [-0.39, 0.29) is 11.6 Å². The molecule has 0 spiro atoms. The van der Waals surface area contributed by atoms with Crippen LogP contribution in [0.5, 0.6) is 5.75 Å². The molecule has 0 aliphatic heterocycles. The van der Waals surface area contributed by atoms with Crippen LogP contribution in [0, 0.1) is 12.7 Å². The Morgan fingerprint density at radius 1 is 1.11 bits per heavy atom. The first-order valence-corrected chi connectivity index (χ1v) is 9.52. The van der Waals surface area contributed by atoms with Gasteiger partial charge in [0.05, 0.1) is 15.7 Å². The molecular formula is C19H15Br2FN4O. The number of hydrogen-bond donors (Lipinski definition) is 2. The summed E-state index contributed by atoms with van der Waals surface area (Å²) >= 11 is 6.71. The van der Waals surface area contributed by atoms with Crippen molar-refractivity contribution in [2.24, 2.45) is 5.10 Å². The number of hydrazone groups is 1. The maximum atomic E-state index is 13.0. The predicted molar refractivity (Wildman–Crippen MR) is 112 cm³/mol. The van der Waals surface area contributed by atoms with Gasteiger partial charge in [0.2, 0.25) is 0 Å². The van der Waals surface area contributed by atoms with Gasteiger partial charge < -0.3 is 5.11 Å². The number of phenols is 1. The van der Waals surface area contributed by atoms with Crippen LogP contribution >= 0.6 is 31.9 Å². The minimum Gasteiger partial charge on any atom is -0.506 e. The molecule has 27 heavy (non-hydrogen) atoms. The van der Waals surface area contributed by atoms with E-state index in [0.717, 1.165) is 10.0 Å². The minimum atomic E-state index is -0.296. The Bertz CT molecular complexity index is 1020. The molecule has 0 aliphatic carbocycles. The van der Waals surface area contributed by atoms with E-state index in [9.17, 15) is 9.50 Å². The lowest BCUT2D eigenvalue weighted by Crippen LogP contribution is -2.03. The third-order valence-electron chi connectivity index (χ3n) is 3.72. The van der Waals surface area contributed by atoms with Crippen LogP contribution in [0.1, 0.15) is 18.2 Å². The minimum absolute atomic E-state index is 0.0562. The molecule has 1 aromatic heterocycles. The van der Waals surface area contributed by atoms with Gasteiger partial charge >= 0.3 is 0 Å². The monoisotopic (exact) mass is 492 g/mol. The summed E-state index contributed by atoms with van der Waals surface area (Å²) in [6.45, 7) is 3.64. The molecule has 0 radical (unpaired) electrons. The van der Waals surface area contributed by atoms with Gasteiger partial charge in [-0.05, 0) is 59.6 Å². The van der Waals surface area contributed by atoms with Crippen molar-refractivity contribution in [1.82, 2.24) is 9.97 Å². The highest BCUT2D eigenvalue weighted by atomic mass is 79.9. The number of nitrogens with one attached hydrogen (secondary N) is 1. The van der Waals surface area contributed by atoms with Crippen LogP contribution in [0.2, 0.25) is 0 Å². The van der Waals surface area contributed by atoms with Crippen LogP contribution in [0.4, 0.5) is 10.2 Å². The first kappa shape index (κ1) is 19.4. The molecular weight excluding hydrogens is 479 g/mol. The molecule has 5 nitrogen and oxygen atoms in total. The van der Waals surface area contributed by atoms with Crippen LogP contribution in [-0.4, -0.2) is 20.8 Å². The third-order valence-corrected chi connectivity index (χ3v) is 4.79. The van der Waals surface area contributed by atoms with Crippen molar-refractivity contribution in [3.05, 3.63) is 68.5 Å². The summed E-state index contributed by atoms with van der Waals surface area (Å²) in [4.78, 5) is 8.83. The average Bonchev–Trinajstić information content (AvgIpc) is 2.63. The Hall–Kier alpha value is -2.32. The van der Waals surface area contributed by atoms with E-state index in [0.29, 0.717) is 33.1 Å². The number of hydrogen-bond acceptors (Lipinski definition) is 5. The lowest BCUT2D eigenvalue weighted by atomic mass is 10.1. The molecule has 0 aliphatic rings. The molecule has 2 N–H and O–H groups in total. The normalized spacial score (nSPS) is 11.5. The molecule has 3 rings (SSSR count). The Kier molecular flexibility index (Phi) is 5.86. The van der Waals surface area contributed by atoms with Gasteiger partial charge in [0.15, 0.2) is 11.6 Å². The summed E-state index contributed by atoms with van der Waals surface area (Å²) in [5.74, 6) is 0.609. The molecule has 8 heteroatoms. The first-order valence-electron chi connectivity index (χ1n) is 7.94. The van der Waals surface area contributed by atoms with Crippen molar-refractivity contribution in [1.29, 1.82) is 0 Å². The quantitative estimate of drug-likeness (QED) is 0.363. The van der Waals surface area contributed by atoms with Crippen LogP contribution < -0.4 is 5.43 Å². The van der Waals surface area contributed by atoms with Crippen LogP contribution in [0.25, 0.3) is 11.4 Å². The highest BCUT2D eigenvalue weighted by molar-refractivity contribution is 9.11. The highest BCUT2D eigenvalue weighted by Gasteiger charge is 2.13. The van der Waals surface area contributed by atoms with E-state index in [1.807, 2.05) is 13.8 Å². The number of aryl methyl sites for hydroxylation is 1. The van der Waals surface area contributed by atoms with Gasteiger partial charge in [0.25, 0.3) is 0 Å². The first-order chi connectivity index (χ1) is 12.8. The summed E-state index contributed by atoms with van der Waals surface area (Å²) in [7, 11) is 0. The number of phenolic OH excluding ortho intramolecular Hbond substituents is 1. The van der Waals surface area contributed by atoms with Crippen LogP contribution in [0.3, 0.4) is 0 Å². The molecule has 0 atom stereocenters. The Balaban J connectivity index is 1.92. The summed E-state index contributed by atoms with van der Waals surface area (Å²) in [5.41, 5.74) is 5.58. The van der Waals surface area contributed by atoms with Crippen LogP contribution in [0.15, 0.2) is 56.5 Å². The lowest BCUT2D eigenvalue weighted by molar-refractivity contribution is 0.473. The summed E-state index contributed by atoms with van der Waals surface area (Å²) in [5, 5.41) is 14.6. The van der Waals surface area contributed by atoms with Crippen molar-refractivity contribution < 1.29 is 9.50 Å². The van der Waals surface area contributed by atoms with Crippen molar-refractivity contribution >= 4 is 43.4 Å². The second-order valence-electron chi connectivity index (χ2n) is 5.82. The number of anilines is 1. The van der Waals surface area contributed by atoms with E-state index >= 15 is 0 Å². The van der Waals surface area contributed by atoms with Gasteiger partial charge in [-0.25, -0.2) is 14.4 Å². The van der Waals surface area contributed by atoms with E-state index in [1.165, 1.54) is 12.1 Å². The van der Waals surface area contributed by atoms with E-state index in [2.05, 4.69) is 52.4 Å². The van der Waals surface area contributed by atoms with Crippen molar-refractivity contribution in [3.63, 3.8) is 0 Å². The summed E-state index contributed by atoms with van der Waals surface area (Å²) in [6.07, 6.45) is 0. The Morgan fingerprint density at radius 3 is 2.52 bits per heavy atom. The average molecular weight is 494 g/mol. The highest BCUT2D eigenvalue weighted by Crippen LogP contribution is 2.37. The van der Waals surface area contributed by atoms with Gasteiger partial charge in [-0.1, -0.05) is 28.1 Å². The van der Waals surface area contributed by atoms with Gasteiger partial charge in [-0.15, -0.1) is 0 Å². The zero-order valence-corrected chi connectivity index (χ0v) is 17.6. The van der Waals surface area contributed by atoms with E-state index in [1.54, 1.807) is 30.3 Å². The molecule has 2 aromatic carbocycles. The molecule has 0 bridgehead atoms. The molecule has 0 unspecified atom stereocenters. The topological polar surface area (TPSA) is 70.4 Å². The van der Waals surface area contributed by atoms with Crippen molar-refractivity contribution in [2.45, 2.75) is 13.8 Å². The molecule has 3 aromatic rings. The second kappa shape index (κ2) is 8.14. The summed E-state index contributed by atoms with van der Waals surface area (Å²) in [6, 6.07) is 11.3. The van der Waals surface area contributed by atoms with Crippen molar-refractivity contribution in [3.8, 4) is 17.1 Å².